The average Bonchev–Trinajstić information content (AvgIpc) is 2.64. The number of hydrogen-bond acceptors (Lipinski definition) is 4. The Morgan fingerprint density at radius 1 is 1.27 bits per heavy atom. The molecule has 0 saturated carbocycles. The van der Waals surface area contributed by atoms with Crippen molar-refractivity contribution in [3.05, 3.63) is 70.0 Å². The lowest BCUT2D eigenvalue weighted by molar-refractivity contribution is -0.384. The summed E-state index contributed by atoms with van der Waals surface area (Å²) < 4.78 is 19.1. The van der Waals surface area contributed by atoms with Gasteiger partial charge in [-0.3, -0.25) is 15.1 Å². The summed E-state index contributed by atoms with van der Waals surface area (Å²) in [5, 5.41) is 17.0. The van der Waals surface area contributed by atoms with Crippen molar-refractivity contribution >= 4 is 11.6 Å². The normalized spacial score (nSPS) is 12.3. The summed E-state index contributed by atoms with van der Waals surface area (Å²) in [4.78, 5) is 14.5. The van der Waals surface area contributed by atoms with Crippen molar-refractivity contribution in [2.75, 3.05) is 13.6 Å². The number of para-hydroxylation sites is 1. The highest BCUT2D eigenvalue weighted by atomic mass is 19.1. The summed E-state index contributed by atoms with van der Waals surface area (Å²) >= 11 is 0. The maximum atomic E-state index is 13.6. The van der Waals surface area contributed by atoms with Crippen LogP contribution < -0.4 is 15.4 Å². The van der Waals surface area contributed by atoms with E-state index >= 15 is 0 Å². The highest BCUT2D eigenvalue weighted by molar-refractivity contribution is 5.79. The predicted molar refractivity (Wildman–Crippen MR) is 97.8 cm³/mol. The molecule has 0 radical (unpaired) electrons. The number of aliphatic imine (C=N–C) groups is 1. The molecule has 138 valence electrons. The number of rotatable bonds is 7. The van der Waals surface area contributed by atoms with E-state index in [1.165, 1.54) is 18.2 Å². The molecule has 0 saturated heterocycles. The molecular weight excluding hydrogens is 339 g/mol. The van der Waals surface area contributed by atoms with Crippen LogP contribution in [0.3, 0.4) is 0 Å². The molecule has 2 aromatic rings. The number of hydrogen-bond donors (Lipinski definition) is 2. The van der Waals surface area contributed by atoms with Crippen molar-refractivity contribution in [1.82, 2.24) is 10.6 Å². The van der Waals surface area contributed by atoms with E-state index in [1.807, 2.05) is 6.92 Å². The molecule has 0 aliphatic carbocycles. The maximum absolute atomic E-state index is 13.6. The fourth-order valence-corrected chi connectivity index (χ4v) is 2.23. The largest absolute Gasteiger partial charge is 0.486 e. The number of nitro benzene ring substituents is 1. The van der Waals surface area contributed by atoms with Crippen LogP contribution in [0.15, 0.2) is 53.5 Å². The molecule has 0 fully saturated rings. The number of benzene rings is 2. The number of ether oxygens (including phenoxy) is 1. The van der Waals surface area contributed by atoms with E-state index in [4.69, 9.17) is 4.74 Å². The fraction of sp³-hybridized carbons (Fsp3) is 0.278. The van der Waals surface area contributed by atoms with Crippen LogP contribution in [0.4, 0.5) is 10.1 Å². The molecule has 0 aliphatic rings. The molecule has 0 aromatic heterocycles. The van der Waals surface area contributed by atoms with Crippen molar-refractivity contribution in [3.63, 3.8) is 0 Å². The van der Waals surface area contributed by atoms with E-state index in [0.717, 1.165) is 5.56 Å². The Hall–Kier alpha value is -3.16. The zero-order chi connectivity index (χ0) is 18.9. The first-order chi connectivity index (χ1) is 12.5. The van der Waals surface area contributed by atoms with E-state index in [0.29, 0.717) is 19.0 Å². The van der Waals surface area contributed by atoms with E-state index in [1.54, 1.807) is 37.4 Å². The smallest absolute Gasteiger partial charge is 0.269 e. The zero-order valence-corrected chi connectivity index (χ0v) is 14.6. The van der Waals surface area contributed by atoms with Gasteiger partial charge < -0.3 is 15.4 Å². The lowest BCUT2D eigenvalue weighted by Crippen LogP contribution is -2.41. The van der Waals surface area contributed by atoms with Crippen LogP contribution in [0.25, 0.3) is 0 Å². The summed E-state index contributed by atoms with van der Waals surface area (Å²) in [5.74, 6) is 0.300. The van der Waals surface area contributed by atoms with Gasteiger partial charge in [0.1, 0.15) is 6.10 Å². The molecule has 2 N–H and O–H groups in total. The monoisotopic (exact) mass is 360 g/mol. The highest BCUT2D eigenvalue weighted by Gasteiger charge is 2.09. The number of nitrogens with zero attached hydrogens (tertiary/aromatic N) is 2. The van der Waals surface area contributed by atoms with Gasteiger partial charge in [0.25, 0.3) is 5.69 Å². The summed E-state index contributed by atoms with van der Waals surface area (Å²) in [5.41, 5.74) is 0.803. The average molecular weight is 360 g/mol. The van der Waals surface area contributed by atoms with Crippen molar-refractivity contribution in [2.45, 2.75) is 19.6 Å². The van der Waals surface area contributed by atoms with Crippen LogP contribution in [-0.4, -0.2) is 30.6 Å². The second-order valence-electron chi connectivity index (χ2n) is 5.59. The summed E-state index contributed by atoms with van der Waals surface area (Å²) in [6.45, 7) is 2.60. The molecule has 8 heteroatoms. The molecule has 0 amide bonds. The predicted octanol–water partition coefficient (Wildman–Crippen LogP) is 2.87. The summed E-state index contributed by atoms with van der Waals surface area (Å²) in [6.07, 6.45) is -0.289. The third-order valence-corrected chi connectivity index (χ3v) is 3.53. The fourth-order valence-electron chi connectivity index (χ4n) is 2.23. The van der Waals surface area contributed by atoms with E-state index in [-0.39, 0.29) is 17.5 Å². The highest BCUT2D eigenvalue weighted by Crippen LogP contribution is 2.16. The Kier molecular flexibility index (Phi) is 6.90. The van der Waals surface area contributed by atoms with Gasteiger partial charge in [-0.15, -0.1) is 0 Å². The first-order valence-corrected chi connectivity index (χ1v) is 8.08. The van der Waals surface area contributed by atoms with E-state index in [2.05, 4.69) is 15.6 Å². The molecule has 0 bridgehead atoms. The Morgan fingerprint density at radius 2 is 2.04 bits per heavy atom. The quantitative estimate of drug-likeness (QED) is 0.343. The van der Waals surface area contributed by atoms with Gasteiger partial charge in [0.2, 0.25) is 0 Å². The van der Waals surface area contributed by atoms with Gasteiger partial charge >= 0.3 is 0 Å². The molecule has 0 heterocycles. The summed E-state index contributed by atoms with van der Waals surface area (Å²) in [6, 6.07) is 12.6. The minimum Gasteiger partial charge on any atom is -0.486 e. The van der Waals surface area contributed by atoms with Crippen LogP contribution in [0, 0.1) is 15.9 Å². The molecule has 1 atom stereocenters. The van der Waals surface area contributed by atoms with Crippen molar-refractivity contribution in [1.29, 1.82) is 0 Å². The molecule has 0 spiro atoms. The Bertz CT molecular complexity index is 783. The van der Waals surface area contributed by atoms with Gasteiger partial charge in [0.15, 0.2) is 17.5 Å². The van der Waals surface area contributed by atoms with E-state index < -0.39 is 10.7 Å². The van der Waals surface area contributed by atoms with Gasteiger partial charge in [-0.25, -0.2) is 4.39 Å². The lowest BCUT2D eigenvalue weighted by atomic mass is 10.2. The lowest BCUT2D eigenvalue weighted by Gasteiger charge is -2.18. The maximum Gasteiger partial charge on any atom is 0.269 e. The Balaban J connectivity index is 1.83. The molecule has 26 heavy (non-hydrogen) atoms. The van der Waals surface area contributed by atoms with Gasteiger partial charge in [-0.1, -0.05) is 24.3 Å². The molecular formula is C18H21FN4O3. The van der Waals surface area contributed by atoms with Crippen LogP contribution in [-0.2, 0) is 6.54 Å². The van der Waals surface area contributed by atoms with Crippen LogP contribution in [0.2, 0.25) is 0 Å². The number of nitrogens with one attached hydrogen (secondary N) is 2. The van der Waals surface area contributed by atoms with Crippen LogP contribution in [0.5, 0.6) is 5.75 Å². The second kappa shape index (κ2) is 9.36. The summed E-state index contributed by atoms with van der Waals surface area (Å²) in [7, 11) is 1.62. The van der Waals surface area contributed by atoms with Crippen molar-refractivity contribution in [2.24, 2.45) is 4.99 Å². The minimum atomic E-state index is -0.432. The second-order valence-corrected chi connectivity index (χ2v) is 5.59. The third kappa shape index (κ3) is 5.73. The minimum absolute atomic E-state index is 0.0409. The van der Waals surface area contributed by atoms with Gasteiger partial charge in [-0.2, -0.15) is 0 Å². The molecule has 0 aliphatic heterocycles. The number of nitro groups is 1. The van der Waals surface area contributed by atoms with Crippen molar-refractivity contribution in [3.8, 4) is 5.75 Å². The van der Waals surface area contributed by atoms with Crippen molar-refractivity contribution < 1.29 is 14.1 Å². The first-order valence-electron chi connectivity index (χ1n) is 8.08. The standard InChI is InChI=1S/C18H21FN4O3/c1-13(26-17-9-4-3-8-16(17)19)11-21-18(20-2)22-12-14-6-5-7-15(10-14)23(24)25/h3-10,13H,11-12H2,1-2H3,(H2,20,21,22). The van der Waals surface area contributed by atoms with Crippen LogP contribution in [0.1, 0.15) is 12.5 Å². The first kappa shape index (κ1) is 19.2. The van der Waals surface area contributed by atoms with Crippen LogP contribution >= 0.6 is 0 Å². The molecule has 2 aromatic carbocycles. The van der Waals surface area contributed by atoms with Gasteiger partial charge in [0.05, 0.1) is 11.5 Å². The number of halogens is 1. The van der Waals surface area contributed by atoms with E-state index in [9.17, 15) is 14.5 Å². The molecule has 2 rings (SSSR count). The number of guanidine groups is 1. The molecule has 7 nitrogen and oxygen atoms in total. The zero-order valence-electron chi connectivity index (χ0n) is 14.6. The topological polar surface area (TPSA) is 88.8 Å². The molecule has 1 unspecified atom stereocenters. The number of non-ortho nitro benzene ring substituents is 1. The Labute approximate surface area is 151 Å². The van der Waals surface area contributed by atoms with Gasteiger partial charge in [0, 0.05) is 25.7 Å². The SMILES string of the molecule is CN=C(NCc1cccc([N+](=O)[O-])c1)NCC(C)Oc1ccccc1F. The third-order valence-electron chi connectivity index (χ3n) is 3.53. The van der Waals surface area contributed by atoms with Gasteiger partial charge in [-0.05, 0) is 24.6 Å². The Morgan fingerprint density at radius 3 is 2.73 bits per heavy atom.